The van der Waals surface area contributed by atoms with E-state index in [1.165, 1.54) is 35.6 Å². The van der Waals surface area contributed by atoms with E-state index in [4.69, 9.17) is 21.1 Å². The van der Waals surface area contributed by atoms with Crippen molar-refractivity contribution >= 4 is 54.2 Å². The first-order chi connectivity index (χ1) is 13.9. The summed E-state index contributed by atoms with van der Waals surface area (Å²) in [6.07, 6.45) is -0.0362. The van der Waals surface area contributed by atoms with Crippen molar-refractivity contribution in [3.05, 3.63) is 41.4 Å². The van der Waals surface area contributed by atoms with Crippen molar-refractivity contribution in [1.29, 1.82) is 0 Å². The molecule has 3 aromatic rings. The summed E-state index contributed by atoms with van der Waals surface area (Å²) in [5, 5.41) is 3.56. The summed E-state index contributed by atoms with van der Waals surface area (Å²) in [5.74, 6) is 0.936. The first-order valence-electron chi connectivity index (χ1n) is 8.66. The minimum atomic E-state index is -3.71. The van der Waals surface area contributed by atoms with Crippen LogP contribution in [0.2, 0.25) is 5.02 Å². The second-order valence-electron chi connectivity index (χ2n) is 6.13. The number of sulfonamides is 1. The zero-order valence-corrected chi connectivity index (χ0v) is 17.4. The highest BCUT2D eigenvalue weighted by Gasteiger charge is 2.17. The van der Waals surface area contributed by atoms with E-state index >= 15 is 0 Å². The Balaban J connectivity index is 1.35. The number of hydrogen-bond acceptors (Lipinski definition) is 7. The summed E-state index contributed by atoms with van der Waals surface area (Å²) in [6, 6.07) is 9.39. The Labute approximate surface area is 175 Å². The Kier molecular flexibility index (Phi) is 5.59. The third-order valence-electron chi connectivity index (χ3n) is 4.07. The lowest BCUT2D eigenvalue weighted by atomic mass is 10.3. The average molecular weight is 454 g/mol. The Morgan fingerprint density at radius 1 is 1.14 bits per heavy atom. The van der Waals surface area contributed by atoms with Crippen molar-refractivity contribution in [1.82, 2.24) is 9.71 Å². The number of benzene rings is 2. The molecular weight excluding hydrogens is 438 g/mol. The number of nitrogens with zero attached hydrogens (tertiary/aromatic N) is 1. The van der Waals surface area contributed by atoms with E-state index in [0.29, 0.717) is 40.4 Å². The summed E-state index contributed by atoms with van der Waals surface area (Å²) in [5.41, 5.74) is 0.693. The van der Waals surface area contributed by atoms with Gasteiger partial charge in [-0.05, 0) is 24.3 Å². The number of nitrogens with one attached hydrogen (secondary N) is 2. The fourth-order valence-corrected chi connectivity index (χ4v) is 4.75. The standard InChI is InChI=1S/C18H16ClN3O5S2/c19-11-1-3-12(4-2-11)29(24,25)20-6-5-17(23)22-18-21-13-9-14-15(10-16(13)28-18)27-8-7-26-14/h1-4,9-10,20H,5-8H2,(H,21,22,23). The molecule has 152 valence electrons. The Bertz CT molecular complexity index is 1120. The number of amides is 1. The van der Waals surface area contributed by atoms with Crippen LogP contribution in [0.25, 0.3) is 10.2 Å². The number of aromatic nitrogens is 1. The number of fused-ring (bicyclic) bond motifs is 2. The average Bonchev–Trinajstić information content (AvgIpc) is 3.07. The Hall–Kier alpha value is -2.40. The predicted molar refractivity (Wildman–Crippen MR) is 110 cm³/mol. The molecule has 29 heavy (non-hydrogen) atoms. The molecule has 1 amide bonds. The van der Waals surface area contributed by atoms with Crippen LogP contribution in [0.3, 0.4) is 0 Å². The molecule has 0 fully saturated rings. The maximum Gasteiger partial charge on any atom is 0.240 e. The van der Waals surface area contributed by atoms with E-state index < -0.39 is 10.0 Å². The first-order valence-corrected chi connectivity index (χ1v) is 11.3. The lowest BCUT2D eigenvalue weighted by Gasteiger charge is -2.17. The second-order valence-corrected chi connectivity index (χ2v) is 9.37. The van der Waals surface area contributed by atoms with E-state index in [0.717, 1.165) is 4.70 Å². The monoisotopic (exact) mass is 453 g/mol. The molecule has 1 aromatic heterocycles. The van der Waals surface area contributed by atoms with Gasteiger partial charge in [-0.2, -0.15) is 0 Å². The van der Waals surface area contributed by atoms with Crippen LogP contribution < -0.4 is 19.5 Å². The Morgan fingerprint density at radius 2 is 1.83 bits per heavy atom. The van der Waals surface area contributed by atoms with Gasteiger partial charge in [-0.3, -0.25) is 4.79 Å². The molecule has 2 aromatic carbocycles. The molecule has 0 bridgehead atoms. The maximum atomic E-state index is 12.2. The normalized spacial score (nSPS) is 13.4. The minimum absolute atomic E-state index is 0.0362. The van der Waals surface area contributed by atoms with Crippen molar-refractivity contribution in [2.45, 2.75) is 11.3 Å². The highest BCUT2D eigenvalue weighted by molar-refractivity contribution is 7.89. The molecule has 0 unspecified atom stereocenters. The van der Waals surface area contributed by atoms with E-state index in [2.05, 4.69) is 15.0 Å². The smallest absolute Gasteiger partial charge is 0.240 e. The molecule has 0 radical (unpaired) electrons. The zero-order chi connectivity index (χ0) is 20.4. The highest BCUT2D eigenvalue weighted by Crippen LogP contribution is 2.37. The number of hydrogen-bond donors (Lipinski definition) is 2. The molecule has 4 rings (SSSR count). The number of ether oxygens (including phenoxy) is 2. The van der Waals surface area contributed by atoms with Crippen LogP contribution in [0.4, 0.5) is 5.13 Å². The summed E-state index contributed by atoms with van der Waals surface area (Å²) in [4.78, 5) is 16.6. The van der Waals surface area contributed by atoms with E-state index in [-0.39, 0.29) is 23.8 Å². The van der Waals surface area contributed by atoms with E-state index in [1.807, 2.05) is 6.07 Å². The van der Waals surface area contributed by atoms with E-state index in [1.54, 1.807) is 6.07 Å². The van der Waals surface area contributed by atoms with Crippen LogP contribution in [-0.4, -0.2) is 39.1 Å². The second kappa shape index (κ2) is 8.15. The lowest BCUT2D eigenvalue weighted by Crippen LogP contribution is -2.27. The van der Waals surface area contributed by atoms with Gasteiger partial charge in [0.1, 0.15) is 13.2 Å². The van der Waals surface area contributed by atoms with Crippen LogP contribution in [0.1, 0.15) is 6.42 Å². The zero-order valence-electron chi connectivity index (χ0n) is 15.0. The van der Waals surface area contributed by atoms with Gasteiger partial charge in [0.25, 0.3) is 0 Å². The number of halogens is 1. The van der Waals surface area contributed by atoms with Gasteiger partial charge in [0.05, 0.1) is 15.1 Å². The molecule has 0 spiro atoms. The summed E-state index contributed by atoms with van der Waals surface area (Å²) < 4.78 is 38.7. The van der Waals surface area contributed by atoms with Crippen LogP contribution in [0, 0.1) is 0 Å². The topological polar surface area (TPSA) is 107 Å². The molecule has 11 heteroatoms. The number of carbonyl (C=O) groups excluding carboxylic acids is 1. The van der Waals surface area contributed by atoms with Crippen LogP contribution in [0.15, 0.2) is 41.3 Å². The predicted octanol–water partition coefficient (Wildman–Crippen LogP) is 3.03. The SMILES string of the molecule is O=C(CCNS(=O)(=O)c1ccc(Cl)cc1)Nc1nc2cc3c(cc2s1)OCCO3. The van der Waals surface area contributed by atoms with Gasteiger partial charge in [-0.25, -0.2) is 18.1 Å². The van der Waals surface area contributed by atoms with Gasteiger partial charge in [0.15, 0.2) is 16.6 Å². The molecule has 2 heterocycles. The van der Waals surface area contributed by atoms with Crippen molar-refractivity contribution in [3.8, 4) is 11.5 Å². The third kappa shape index (κ3) is 4.61. The van der Waals surface area contributed by atoms with Crippen LogP contribution >= 0.6 is 22.9 Å². The molecule has 0 aliphatic carbocycles. The van der Waals surface area contributed by atoms with Gasteiger partial charge >= 0.3 is 0 Å². The number of carbonyl (C=O) groups is 1. The van der Waals surface area contributed by atoms with Crippen LogP contribution in [0.5, 0.6) is 11.5 Å². The molecule has 0 saturated heterocycles. The van der Waals surface area contributed by atoms with Gasteiger partial charge in [0, 0.05) is 30.1 Å². The van der Waals surface area contributed by atoms with Gasteiger partial charge < -0.3 is 14.8 Å². The van der Waals surface area contributed by atoms with Crippen molar-refractivity contribution in [2.24, 2.45) is 0 Å². The fourth-order valence-electron chi connectivity index (χ4n) is 2.70. The van der Waals surface area contributed by atoms with Crippen molar-refractivity contribution < 1.29 is 22.7 Å². The number of rotatable bonds is 6. The largest absolute Gasteiger partial charge is 0.486 e. The lowest BCUT2D eigenvalue weighted by molar-refractivity contribution is -0.116. The quantitative estimate of drug-likeness (QED) is 0.594. The third-order valence-corrected chi connectivity index (χ3v) is 6.73. The van der Waals surface area contributed by atoms with Crippen LogP contribution in [-0.2, 0) is 14.8 Å². The molecule has 0 saturated carbocycles. The molecular formula is C18H16ClN3O5S2. The van der Waals surface area contributed by atoms with E-state index in [9.17, 15) is 13.2 Å². The van der Waals surface area contributed by atoms with Crippen molar-refractivity contribution in [3.63, 3.8) is 0 Å². The molecule has 1 aliphatic heterocycles. The number of thiazole rings is 1. The summed E-state index contributed by atoms with van der Waals surface area (Å²) in [6.45, 7) is 0.933. The molecule has 1 aliphatic rings. The molecule has 0 atom stereocenters. The van der Waals surface area contributed by atoms with Gasteiger partial charge in [-0.1, -0.05) is 22.9 Å². The number of anilines is 1. The summed E-state index contributed by atoms with van der Waals surface area (Å²) in [7, 11) is -3.71. The van der Waals surface area contributed by atoms with Gasteiger partial charge in [0.2, 0.25) is 15.9 Å². The Morgan fingerprint density at radius 3 is 2.55 bits per heavy atom. The fraction of sp³-hybridized carbons (Fsp3) is 0.222. The highest BCUT2D eigenvalue weighted by atomic mass is 35.5. The van der Waals surface area contributed by atoms with Gasteiger partial charge in [-0.15, -0.1) is 0 Å². The molecule has 8 nitrogen and oxygen atoms in total. The minimum Gasteiger partial charge on any atom is -0.486 e. The first kappa shape index (κ1) is 19.9. The maximum absolute atomic E-state index is 12.2. The summed E-state index contributed by atoms with van der Waals surface area (Å²) >= 11 is 7.07. The van der Waals surface area contributed by atoms with Crippen molar-refractivity contribution in [2.75, 3.05) is 25.1 Å². The molecule has 2 N–H and O–H groups in total.